The van der Waals surface area contributed by atoms with Gasteiger partial charge in [0.1, 0.15) is 0 Å². The molecule has 0 amide bonds. The molecule has 280 valence electrons. The summed E-state index contributed by atoms with van der Waals surface area (Å²) in [5.41, 5.74) is 13.3. The fraction of sp³-hybridized carbons (Fsp3) is 0.185. The van der Waals surface area contributed by atoms with Crippen molar-refractivity contribution >= 4 is 69.2 Å². The lowest BCUT2D eigenvalue weighted by Gasteiger charge is -2.22. The molecule has 0 N–H and O–H groups in total. The van der Waals surface area contributed by atoms with Gasteiger partial charge in [-0.05, 0) is 151 Å². The van der Waals surface area contributed by atoms with Crippen molar-refractivity contribution in [3.05, 3.63) is 201 Å². The lowest BCUT2D eigenvalue weighted by molar-refractivity contribution is 1.40. The Hall–Kier alpha value is -4.86. The van der Waals surface area contributed by atoms with Crippen LogP contribution in [0.25, 0.3) is 21.5 Å². The molecule has 8 aromatic carbocycles. The highest BCUT2D eigenvalue weighted by atomic mass is 31.1. The fourth-order valence-electron chi connectivity index (χ4n) is 8.20. The van der Waals surface area contributed by atoms with Gasteiger partial charge in [0.05, 0.1) is 0 Å². The summed E-state index contributed by atoms with van der Waals surface area (Å²) in [7, 11) is -1.18. The van der Waals surface area contributed by atoms with Crippen LogP contribution in [0.1, 0.15) is 55.6 Å². The van der Waals surface area contributed by atoms with E-state index >= 15 is 0 Å². The molecule has 8 rings (SSSR count). The molecule has 0 nitrogen and oxygen atoms in total. The molecular weight excluding hydrogens is 711 g/mol. The number of hydrogen-bond acceptors (Lipinski definition) is 0. The number of rotatable bonds is 6. The monoisotopic (exact) mass is 764 g/mol. The second-order valence-electron chi connectivity index (χ2n) is 16.1. The molecule has 0 fully saturated rings. The smallest absolute Gasteiger partial charge is 0.0134 e. The highest BCUT2D eigenvalue weighted by molar-refractivity contribution is 7.80. The van der Waals surface area contributed by atoms with Crippen LogP contribution in [0, 0.1) is 69.2 Å². The Morgan fingerprint density at radius 3 is 0.696 bits per heavy atom. The van der Waals surface area contributed by atoms with Crippen molar-refractivity contribution in [3.63, 3.8) is 0 Å². The number of benzene rings is 8. The molecule has 0 bridgehead atoms. The van der Waals surface area contributed by atoms with E-state index in [0.29, 0.717) is 0 Å². The summed E-state index contributed by atoms with van der Waals surface area (Å²) in [4.78, 5) is 0. The van der Waals surface area contributed by atoms with Crippen LogP contribution in [0.15, 0.2) is 146 Å². The zero-order valence-corrected chi connectivity index (χ0v) is 36.5. The Bertz CT molecular complexity index is 2340. The zero-order valence-electron chi connectivity index (χ0n) is 34.8. The maximum Gasteiger partial charge on any atom is -0.0134 e. The van der Waals surface area contributed by atoms with Crippen molar-refractivity contribution in [1.29, 1.82) is 0 Å². The minimum atomic E-state index is -0.592. The van der Waals surface area contributed by atoms with E-state index in [4.69, 9.17) is 0 Å². The van der Waals surface area contributed by atoms with Gasteiger partial charge in [0, 0.05) is 0 Å². The van der Waals surface area contributed by atoms with Gasteiger partial charge in [-0.1, -0.05) is 189 Å². The average Bonchev–Trinajstić information content (AvgIpc) is 3.11. The molecule has 0 spiro atoms. The first-order valence-electron chi connectivity index (χ1n) is 19.7. The van der Waals surface area contributed by atoms with Crippen LogP contribution in [0.2, 0.25) is 0 Å². The van der Waals surface area contributed by atoms with Crippen LogP contribution in [0.5, 0.6) is 0 Å². The van der Waals surface area contributed by atoms with Gasteiger partial charge in [-0.3, -0.25) is 0 Å². The molecule has 0 saturated heterocycles. The van der Waals surface area contributed by atoms with Gasteiger partial charge < -0.3 is 0 Å². The molecule has 0 aliphatic heterocycles. The third-order valence-electron chi connectivity index (χ3n) is 10.3. The Morgan fingerprint density at radius 2 is 0.429 bits per heavy atom. The topological polar surface area (TPSA) is 0 Å². The third kappa shape index (κ3) is 9.22. The lowest BCUT2D eigenvalue weighted by Crippen LogP contribution is -2.22. The summed E-state index contributed by atoms with van der Waals surface area (Å²) in [6.07, 6.45) is 0. The first kappa shape index (κ1) is 39.4. The molecule has 2 heteroatoms. The first-order chi connectivity index (χ1) is 26.8. The molecule has 0 aliphatic carbocycles. The predicted molar refractivity (Wildman–Crippen MR) is 253 cm³/mol. The summed E-state index contributed by atoms with van der Waals surface area (Å²) in [6, 6.07) is 55.6. The molecule has 0 aliphatic rings. The Kier molecular flexibility index (Phi) is 11.7. The predicted octanol–water partition coefficient (Wildman–Crippen LogP) is 12.3. The van der Waals surface area contributed by atoms with Crippen LogP contribution in [-0.2, 0) is 0 Å². The second kappa shape index (κ2) is 16.7. The lowest BCUT2D eigenvalue weighted by atomic mass is 10.1. The van der Waals surface area contributed by atoms with Gasteiger partial charge in [0.2, 0.25) is 0 Å². The third-order valence-corrected chi connectivity index (χ3v) is 15.0. The minimum absolute atomic E-state index is 0.592. The molecule has 56 heavy (non-hydrogen) atoms. The quantitative estimate of drug-likeness (QED) is 0.148. The van der Waals surface area contributed by atoms with Gasteiger partial charge in [-0.25, -0.2) is 0 Å². The standard InChI is InChI=1S/2C27H27P/c2*1-18-6-7-24-17-25(9-8-23(24)12-18)28(26-13-19(2)10-20(3)14-26)27-15-21(4)11-22(5)16-27/h2*6-17H,1-5H3. The zero-order chi connectivity index (χ0) is 39.7. The maximum absolute atomic E-state index is 2.40. The van der Waals surface area contributed by atoms with E-state index < -0.39 is 15.8 Å². The summed E-state index contributed by atoms with van der Waals surface area (Å²) in [5, 5.41) is 13.9. The Morgan fingerprint density at radius 1 is 0.196 bits per heavy atom. The van der Waals surface area contributed by atoms with Gasteiger partial charge in [0.25, 0.3) is 0 Å². The van der Waals surface area contributed by atoms with Crippen LogP contribution >= 0.6 is 15.8 Å². The number of fused-ring (bicyclic) bond motifs is 2. The number of aryl methyl sites for hydroxylation is 10. The van der Waals surface area contributed by atoms with Gasteiger partial charge in [-0.2, -0.15) is 0 Å². The van der Waals surface area contributed by atoms with Crippen molar-refractivity contribution in [2.24, 2.45) is 0 Å². The van der Waals surface area contributed by atoms with E-state index in [1.54, 1.807) is 0 Å². The van der Waals surface area contributed by atoms with Crippen LogP contribution in [-0.4, -0.2) is 0 Å². The van der Waals surface area contributed by atoms with Gasteiger partial charge in [0.15, 0.2) is 0 Å². The van der Waals surface area contributed by atoms with Crippen LogP contribution < -0.4 is 31.8 Å². The van der Waals surface area contributed by atoms with Crippen LogP contribution in [0.3, 0.4) is 0 Å². The summed E-state index contributed by atoms with van der Waals surface area (Å²) in [6.45, 7) is 21.9. The van der Waals surface area contributed by atoms with E-state index in [1.165, 1.54) is 109 Å². The Labute approximate surface area is 338 Å². The second-order valence-corrected chi connectivity index (χ2v) is 20.6. The summed E-state index contributed by atoms with van der Waals surface area (Å²) >= 11 is 0. The first-order valence-corrected chi connectivity index (χ1v) is 22.4. The molecule has 8 aromatic rings. The molecular formula is C54H54P2. The number of hydrogen-bond donors (Lipinski definition) is 0. The van der Waals surface area contributed by atoms with E-state index in [-0.39, 0.29) is 0 Å². The van der Waals surface area contributed by atoms with Gasteiger partial charge >= 0.3 is 0 Å². The minimum Gasteiger partial charge on any atom is -0.0587 e. The molecule has 0 heterocycles. The molecule has 0 atom stereocenters. The maximum atomic E-state index is 2.40. The normalized spacial score (nSPS) is 11.4. The van der Waals surface area contributed by atoms with Gasteiger partial charge in [-0.15, -0.1) is 0 Å². The Balaban J connectivity index is 0.000000172. The summed E-state index contributed by atoms with van der Waals surface area (Å²) in [5.74, 6) is 0. The largest absolute Gasteiger partial charge is 0.0587 e. The molecule has 0 aromatic heterocycles. The van der Waals surface area contributed by atoms with E-state index in [9.17, 15) is 0 Å². The van der Waals surface area contributed by atoms with E-state index in [0.717, 1.165) is 0 Å². The summed E-state index contributed by atoms with van der Waals surface area (Å²) < 4.78 is 0. The fourth-order valence-corrected chi connectivity index (χ4v) is 13.6. The SMILES string of the molecule is Cc1cc(C)cc(P(c2cc(C)cc(C)c2)c2ccc3cc(C)ccc3c2)c1.Cc1cc(C)cc(P(c2cc(C)cc(C)c2)c2ccc3cc(C)ccc3c2)c1. The highest BCUT2D eigenvalue weighted by Crippen LogP contribution is 2.37. The van der Waals surface area contributed by atoms with Crippen molar-refractivity contribution in [1.82, 2.24) is 0 Å². The molecule has 0 unspecified atom stereocenters. The van der Waals surface area contributed by atoms with Crippen molar-refractivity contribution in [2.45, 2.75) is 69.2 Å². The van der Waals surface area contributed by atoms with Crippen molar-refractivity contribution in [2.75, 3.05) is 0 Å². The highest BCUT2D eigenvalue weighted by Gasteiger charge is 2.20. The van der Waals surface area contributed by atoms with E-state index in [1.807, 2.05) is 0 Å². The molecule has 0 radical (unpaired) electrons. The van der Waals surface area contributed by atoms with Crippen molar-refractivity contribution in [3.8, 4) is 0 Å². The molecule has 0 saturated carbocycles. The average molecular weight is 765 g/mol. The van der Waals surface area contributed by atoms with Crippen LogP contribution in [0.4, 0.5) is 0 Å². The van der Waals surface area contributed by atoms with E-state index in [2.05, 4.69) is 215 Å². The van der Waals surface area contributed by atoms with Crippen molar-refractivity contribution < 1.29 is 0 Å².